The smallest absolute Gasteiger partial charge is 0.221 e. The Kier molecular flexibility index (Phi) is 4.85. The van der Waals surface area contributed by atoms with E-state index in [1.54, 1.807) is 0 Å². The second kappa shape index (κ2) is 6.48. The van der Waals surface area contributed by atoms with Gasteiger partial charge in [-0.1, -0.05) is 13.0 Å². The highest BCUT2D eigenvalue weighted by molar-refractivity contribution is 7.90. The van der Waals surface area contributed by atoms with Gasteiger partial charge >= 0.3 is 0 Å². The van der Waals surface area contributed by atoms with Crippen molar-refractivity contribution >= 4 is 26.8 Å². The van der Waals surface area contributed by atoms with E-state index in [1.165, 1.54) is 0 Å². The summed E-state index contributed by atoms with van der Waals surface area (Å²) in [5, 5.41) is 2.83. The van der Waals surface area contributed by atoms with Crippen molar-refractivity contribution in [1.29, 1.82) is 0 Å². The lowest BCUT2D eigenvalue weighted by Gasteiger charge is -2.14. The molecule has 0 bridgehead atoms. The van der Waals surface area contributed by atoms with Crippen molar-refractivity contribution in [2.24, 2.45) is 0 Å². The summed E-state index contributed by atoms with van der Waals surface area (Å²) in [4.78, 5) is 19.6. The molecule has 0 spiro atoms. The Labute approximate surface area is 130 Å². The number of fused-ring (bicyclic) bond motifs is 1. The zero-order valence-electron chi connectivity index (χ0n) is 13.0. The standard InChI is InChI=1S/C15H21N3O3S/c1-4-11(16-14(19)7-8-22(3,20)21)15-17-12-6-5-10(2)9-13(12)18-15/h5-6,9,11H,4,7-8H2,1-3H3,(H,16,19)(H,17,18). The van der Waals surface area contributed by atoms with E-state index < -0.39 is 9.84 Å². The molecule has 120 valence electrons. The number of hydrogen-bond donors (Lipinski definition) is 2. The number of amides is 1. The first-order valence-electron chi connectivity index (χ1n) is 7.22. The van der Waals surface area contributed by atoms with Gasteiger partial charge in [0.2, 0.25) is 5.91 Å². The highest BCUT2D eigenvalue weighted by Crippen LogP contribution is 2.19. The van der Waals surface area contributed by atoms with E-state index in [-0.39, 0.29) is 24.1 Å². The number of hydrogen-bond acceptors (Lipinski definition) is 4. The van der Waals surface area contributed by atoms with Crippen LogP contribution in [0.2, 0.25) is 0 Å². The van der Waals surface area contributed by atoms with Crippen LogP contribution in [0.25, 0.3) is 11.0 Å². The molecule has 0 radical (unpaired) electrons. The fraction of sp³-hybridized carbons (Fsp3) is 0.467. The molecule has 1 unspecified atom stereocenters. The van der Waals surface area contributed by atoms with E-state index in [0.717, 1.165) is 22.9 Å². The molecule has 2 aromatic rings. The van der Waals surface area contributed by atoms with Crippen LogP contribution in [-0.4, -0.2) is 36.3 Å². The van der Waals surface area contributed by atoms with Crippen LogP contribution >= 0.6 is 0 Å². The van der Waals surface area contributed by atoms with Crippen LogP contribution in [0, 0.1) is 6.92 Å². The first kappa shape index (κ1) is 16.5. The van der Waals surface area contributed by atoms with E-state index in [2.05, 4.69) is 15.3 Å². The van der Waals surface area contributed by atoms with Gasteiger partial charge in [0.15, 0.2) is 0 Å². The van der Waals surface area contributed by atoms with Crippen LogP contribution in [0.4, 0.5) is 0 Å². The number of aryl methyl sites for hydroxylation is 1. The number of benzene rings is 1. The fourth-order valence-corrected chi connectivity index (χ4v) is 2.77. The number of nitrogens with one attached hydrogen (secondary N) is 2. The maximum absolute atomic E-state index is 11.9. The topological polar surface area (TPSA) is 91.9 Å². The van der Waals surface area contributed by atoms with E-state index in [4.69, 9.17) is 0 Å². The van der Waals surface area contributed by atoms with Crippen LogP contribution < -0.4 is 5.32 Å². The van der Waals surface area contributed by atoms with E-state index in [9.17, 15) is 13.2 Å². The molecule has 0 saturated heterocycles. The average Bonchev–Trinajstić information content (AvgIpc) is 2.84. The van der Waals surface area contributed by atoms with Crippen LogP contribution in [0.15, 0.2) is 18.2 Å². The third-order valence-corrected chi connectivity index (χ3v) is 4.37. The molecule has 0 saturated carbocycles. The summed E-state index contributed by atoms with van der Waals surface area (Å²) in [6.07, 6.45) is 1.76. The van der Waals surface area contributed by atoms with E-state index in [1.807, 2.05) is 32.0 Å². The van der Waals surface area contributed by atoms with Gasteiger partial charge < -0.3 is 10.3 Å². The molecule has 7 heteroatoms. The Balaban J connectivity index is 2.11. The summed E-state index contributed by atoms with van der Waals surface area (Å²) < 4.78 is 22.2. The molecule has 22 heavy (non-hydrogen) atoms. The molecule has 1 amide bonds. The van der Waals surface area contributed by atoms with E-state index in [0.29, 0.717) is 12.2 Å². The number of aromatic amines is 1. The molecule has 0 fully saturated rings. The second-order valence-corrected chi connectivity index (χ2v) is 7.81. The maximum atomic E-state index is 11.9. The normalized spacial score (nSPS) is 13.2. The van der Waals surface area contributed by atoms with Gasteiger partial charge in [-0.3, -0.25) is 4.79 Å². The molecular weight excluding hydrogens is 302 g/mol. The van der Waals surface area contributed by atoms with E-state index >= 15 is 0 Å². The number of sulfone groups is 1. The van der Waals surface area contributed by atoms with Crippen molar-refractivity contribution in [3.63, 3.8) is 0 Å². The number of H-pyrrole nitrogens is 1. The molecule has 0 aliphatic heterocycles. The lowest BCUT2D eigenvalue weighted by molar-refractivity contribution is -0.121. The van der Waals surface area contributed by atoms with Crippen molar-refractivity contribution < 1.29 is 13.2 Å². The molecule has 1 aromatic carbocycles. The lowest BCUT2D eigenvalue weighted by atomic mass is 10.2. The van der Waals surface area contributed by atoms with Gasteiger partial charge in [0, 0.05) is 12.7 Å². The zero-order chi connectivity index (χ0) is 16.3. The summed E-state index contributed by atoms with van der Waals surface area (Å²) in [6, 6.07) is 5.67. The number of aromatic nitrogens is 2. The fourth-order valence-electron chi connectivity index (χ4n) is 2.22. The largest absolute Gasteiger partial charge is 0.346 e. The number of carbonyl (C=O) groups is 1. The van der Waals surface area contributed by atoms with Crippen LogP contribution in [0.3, 0.4) is 0 Å². The number of rotatable bonds is 6. The minimum Gasteiger partial charge on any atom is -0.346 e. The van der Waals surface area contributed by atoms with Crippen molar-refractivity contribution in [1.82, 2.24) is 15.3 Å². The van der Waals surface area contributed by atoms with Gasteiger partial charge in [0.1, 0.15) is 15.7 Å². The summed E-state index contributed by atoms with van der Waals surface area (Å²) in [5.74, 6) is 0.263. The Morgan fingerprint density at radius 3 is 2.77 bits per heavy atom. The molecule has 2 N–H and O–H groups in total. The monoisotopic (exact) mass is 323 g/mol. The first-order valence-corrected chi connectivity index (χ1v) is 9.28. The minimum atomic E-state index is -3.14. The molecular formula is C15H21N3O3S. The Morgan fingerprint density at radius 2 is 2.14 bits per heavy atom. The van der Waals surface area contributed by atoms with Gasteiger partial charge in [-0.25, -0.2) is 13.4 Å². The number of nitrogens with zero attached hydrogens (tertiary/aromatic N) is 1. The lowest BCUT2D eigenvalue weighted by Crippen LogP contribution is -2.30. The van der Waals surface area contributed by atoms with Crippen molar-refractivity contribution in [2.75, 3.05) is 12.0 Å². The predicted octanol–water partition coefficient (Wildman–Crippen LogP) is 1.87. The van der Waals surface area contributed by atoms with Gasteiger partial charge in [-0.05, 0) is 31.0 Å². The Bertz CT molecular complexity index is 780. The number of imidazole rings is 1. The molecule has 1 aromatic heterocycles. The highest BCUT2D eigenvalue weighted by atomic mass is 32.2. The SMILES string of the molecule is CCC(NC(=O)CCS(C)(=O)=O)c1nc2ccc(C)cc2[nH]1. The number of carbonyl (C=O) groups excluding carboxylic acids is 1. The summed E-state index contributed by atoms with van der Waals surface area (Å²) in [6.45, 7) is 3.95. The Hall–Kier alpha value is -1.89. The third kappa shape index (κ3) is 4.30. The molecule has 0 aliphatic carbocycles. The van der Waals surface area contributed by atoms with Gasteiger partial charge in [-0.15, -0.1) is 0 Å². The van der Waals surface area contributed by atoms with Gasteiger partial charge in [-0.2, -0.15) is 0 Å². The van der Waals surface area contributed by atoms with Crippen molar-refractivity contribution in [3.8, 4) is 0 Å². The van der Waals surface area contributed by atoms with Gasteiger partial charge in [0.25, 0.3) is 0 Å². The van der Waals surface area contributed by atoms with Crippen LogP contribution in [0.5, 0.6) is 0 Å². The average molecular weight is 323 g/mol. The van der Waals surface area contributed by atoms with Gasteiger partial charge in [0.05, 0.1) is 22.8 Å². The molecule has 0 aliphatic rings. The third-order valence-electron chi connectivity index (χ3n) is 3.43. The quantitative estimate of drug-likeness (QED) is 0.849. The molecule has 6 nitrogen and oxygen atoms in total. The van der Waals surface area contributed by atoms with Crippen molar-refractivity contribution in [3.05, 3.63) is 29.6 Å². The minimum absolute atomic E-state index is 0.0331. The van der Waals surface area contributed by atoms with Crippen LogP contribution in [-0.2, 0) is 14.6 Å². The predicted molar refractivity (Wildman–Crippen MR) is 86.3 cm³/mol. The maximum Gasteiger partial charge on any atom is 0.221 e. The molecule has 1 heterocycles. The van der Waals surface area contributed by atoms with Crippen molar-refractivity contribution in [2.45, 2.75) is 32.7 Å². The zero-order valence-corrected chi connectivity index (χ0v) is 13.8. The Morgan fingerprint density at radius 1 is 1.41 bits per heavy atom. The summed E-state index contributed by atoms with van der Waals surface area (Å²) in [5.41, 5.74) is 2.91. The molecule has 2 rings (SSSR count). The summed E-state index contributed by atoms with van der Waals surface area (Å²) >= 11 is 0. The first-order chi connectivity index (χ1) is 10.3. The molecule has 1 atom stereocenters. The second-order valence-electron chi connectivity index (χ2n) is 5.55. The van der Waals surface area contributed by atoms with Crippen LogP contribution in [0.1, 0.15) is 37.2 Å². The summed E-state index contributed by atoms with van der Waals surface area (Å²) in [7, 11) is -3.14. The highest BCUT2D eigenvalue weighted by Gasteiger charge is 2.17.